The van der Waals surface area contributed by atoms with Crippen molar-refractivity contribution in [1.82, 2.24) is 9.55 Å². The molecule has 3 aromatic carbocycles. The Morgan fingerprint density at radius 2 is 1.50 bits per heavy atom. The fourth-order valence-electron chi connectivity index (χ4n) is 3.45. The van der Waals surface area contributed by atoms with E-state index in [9.17, 15) is 0 Å². The van der Waals surface area contributed by atoms with E-state index in [1.807, 2.05) is 25.1 Å². The summed E-state index contributed by atoms with van der Waals surface area (Å²) in [5, 5.41) is 0. The summed E-state index contributed by atoms with van der Waals surface area (Å²) in [7, 11) is 3.30. The molecule has 0 unspecified atom stereocenters. The predicted octanol–water partition coefficient (Wildman–Crippen LogP) is 5.74. The maximum absolute atomic E-state index is 5.46. The third-order valence-electron chi connectivity index (χ3n) is 4.87. The maximum Gasteiger partial charge on any atom is 0.161 e. The Morgan fingerprint density at radius 1 is 0.821 bits per heavy atom. The van der Waals surface area contributed by atoms with E-state index in [1.165, 1.54) is 4.90 Å². The topological polar surface area (TPSA) is 36.3 Å². The van der Waals surface area contributed by atoms with Gasteiger partial charge in [0.15, 0.2) is 11.5 Å². The number of ether oxygens (including phenoxy) is 2. The highest BCUT2D eigenvalue weighted by atomic mass is 32.2. The zero-order chi connectivity index (χ0) is 19.7. The number of methoxy groups -OCH3 is 2. The average molecular weight is 391 g/mol. The number of fused-ring (bicyclic) bond motifs is 1. The van der Waals surface area contributed by atoms with Crippen LogP contribution in [-0.2, 0) is 0 Å². The van der Waals surface area contributed by atoms with Crippen molar-refractivity contribution in [3.05, 3.63) is 66.5 Å². The van der Waals surface area contributed by atoms with Crippen LogP contribution in [0.2, 0.25) is 0 Å². The summed E-state index contributed by atoms with van der Waals surface area (Å²) in [4.78, 5) is 5.99. The number of hydrogen-bond acceptors (Lipinski definition) is 4. The van der Waals surface area contributed by atoms with Gasteiger partial charge in [-0.1, -0.05) is 12.1 Å². The molecule has 5 heteroatoms. The lowest BCUT2D eigenvalue weighted by molar-refractivity contribution is 0.355. The highest BCUT2D eigenvalue weighted by Gasteiger charge is 2.12. The van der Waals surface area contributed by atoms with E-state index < -0.39 is 0 Å². The molecule has 4 rings (SSSR count). The quantitative estimate of drug-likeness (QED) is 0.407. The lowest BCUT2D eigenvalue weighted by Gasteiger charge is -2.11. The molecular formula is C23H22N2O2S. The molecule has 4 aromatic rings. The zero-order valence-corrected chi connectivity index (χ0v) is 17.2. The van der Waals surface area contributed by atoms with Gasteiger partial charge in [-0.3, -0.25) is 4.57 Å². The van der Waals surface area contributed by atoms with Crippen molar-refractivity contribution in [3.63, 3.8) is 0 Å². The van der Waals surface area contributed by atoms with Gasteiger partial charge >= 0.3 is 0 Å². The summed E-state index contributed by atoms with van der Waals surface area (Å²) in [6.07, 6.45) is 2.09. The Labute approximate surface area is 169 Å². The van der Waals surface area contributed by atoms with Crippen molar-refractivity contribution in [3.8, 4) is 28.3 Å². The summed E-state index contributed by atoms with van der Waals surface area (Å²) >= 11 is 1.74. The van der Waals surface area contributed by atoms with Crippen molar-refractivity contribution in [2.24, 2.45) is 0 Å². The number of aryl methyl sites for hydroxylation is 1. The van der Waals surface area contributed by atoms with Gasteiger partial charge in [-0.25, -0.2) is 4.98 Å². The second kappa shape index (κ2) is 7.60. The minimum atomic E-state index is 0.720. The van der Waals surface area contributed by atoms with Crippen LogP contribution in [-0.4, -0.2) is 30.0 Å². The number of benzene rings is 3. The molecule has 1 heterocycles. The van der Waals surface area contributed by atoms with Gasteiger partial charge in [-0.2, -0.15) is 0 Å². The van der Waals surface area contributed by atoms with E-state index in [1.54, 1.807) is 26.0 Å². The second-order valence-corrected chi connectivity index (χ2v) is 7.35. The molecule has 142 valence electrons. The zero-order valence-electron chi connectivity index (χ0n) is 16.4. The first-order valence-corrected chi connectivity index (χ1v) is 10.2. The SMILES string of the molecule is COc1ccc(-c2ccc3nc(C)n(-c4ccc(SC)cc4)c3c2)cc1OC. The first-order valence-electron chi connectivity index (χ1n) is 9.00. The van der Waals surface area contributed by atoms with Crippen LogP contribution >= 0.6 is 11.8 Å². The van der Waals surface area contributed by atoms with E-state index in [0.717, 1.165) is 45.2 Å². The number of aromatic nitrogens is 2. The molecule has 0 radical (unpaired) electrons. The Morgan fingerprint density at radius 3 is 2.18 bits per heavy atom. The molecule has 0 aliphatic heterocycles. The monoisotopic (exact) mass is 390 g/mol. The number of hydrogen-bond donors (Lipinski definition) is 0. The van der Waals surface area contributed by atoms with E-state index in [-0.39, 0.29) is 0 Å². The smallest absolute Gasteiger partial charge is 0.161 e. The molecule has 0 N–H and O–H groups in total. The summed E-state index contributed by atoms with van der Waals surface area (Å²) in [6.45, 7) is 2.04. The van der Waals surface area contributed by atoms with Gasteiger partial charge in [0.2, 0.25) is 0 Å². The van der Waals surface area contributed by atoms with Crippen LogP contribution in [0.3, 0.4) is 0 Å². The molecular weight excluding hydrogens is 368 g/mol. The minimum Gasteiger partial charge on any atom is -0.493 e. The van der Waals surface area contributed by atoms with Crippen LogP contribution in [0.4, 0.5) is 0 Å². The van der Waals surface area contributed by atoms with Gasteiger partial charge in [0.25, 0.3) is 0 Å². The summed E-state index contributed by atoms with van der Waals surface area (Å²) in [5.41, 5.74) is 5.36. The fraction of sp³-hybridized carbons (Fsp3) is 0.174. The molecule has 0 aliphatic carbocycles. The van der Waals surface area contributed by atoms with Crippen molar-refractivity contribution in [2.75, 3.05) is 20.5 Å². The van der Waals surface area contributed by atoms with Crippen LogP contribution in [0.5, 0.6) is 11.5 Å². The van der Waals surface area contributed by atoms with E-state index in [4.69, 9.17) is 14.5 Å². The fourth-order valence-corrected chi connectivity index (χ4v) is 3.86. The van der Waals surface area contributed by atoms with Gasteiger partial charge in [-0.15, -0.1) is 11.8 Å². The van der Waals surface area contributed by atoms with E-state index in [2.05, 4.69) is 53.3 Å². The van der Waals surface area contributed by atoms with Gasteiger partial charge in [-0.05, 0) is 72.8 Å². The summed E-state index contributed by atoms with van der Waals surface area (Å²) in [5.74, 6) is 2.41. The average Bonchev–Trinajstić information content (AvgIpc) is 3.08. The van der Waals surface area contributed by atoms with Crippen molar-refractivity contribution >= 4 is 22.8 Å². The molecule has 0 spiro atoms. The standard InChI is InChI=1S/C23H22N2O2S/c1-15-24-20-11-5-16(17-6-12-22(26-2)23(14-17)27-3)13-21(20)25(15)18-7-9-19(28-4)10-8-18/h5-14H,1-4H3. The highest BCUT2D eigenvalue weighted by Crippen LogP contribution is 2.34. The van der Waals surface area contributed by atoms with Gasteiger partial charge in [0.1, 0.15) is 5.82 Å². The Bertz CT molecular complexity index is 1130. The first kappa shape index (κ1) is 18.4. The van der Waals surface area contributed by atoms with Gasteiger partial charge in [0.05, 0.1) is 25.3 Å². The van der Waals surface area contributed by atoms with Crippen LogP contribution in [0, 0.1) is 6.92 Å². The normalized spacial score (nSPS) is 11.0. The number of thioether (sulfide) groups is 1. The number of rotatable bonds is 5. The van der Waals surface area contributed by atoms with Gasteiger partial charge in [0, 0.05) is 10.6 Å². The van der Waals surface area contributed by atoms with Crippen LogP contribution in [0.15, 0.2) is 65.6 Å². The summed E-state index contributed by atoms with van der Waals surface area (Å²) in [6, 6.07) is 20.9. The van der Waals surface area contributed by atoms with E-state index in [0.29, 0.717) is 0 Å². The largest absolute Gasteiger partial charge is 0.493 e. The second-order valence-electron chi connectivity index (χ2n) is 6.47. The van der Waals surface area contributed by atoms with Crippen LogP contribution in [0.25, 0.3) is 27.8 Å². The Hall–Kier alpha value is -2.92. The lowest BCUT2D eigenvalue weighted by atomic mass is 10.0. The van der Waals surface area contributed by atoms with Crippen LogP contribution < -0.4 is 9.47 Å². The first-order chi connectivity index (χ1) is 13.6. The molecule has 0 saturated heterocycles. The molecule has 0 saturated carbocycles. The maximum atomic E-state index is 5.46. The Kier molecular flexibility index (Phi) is 5.01. The lowest BCUT2D eigenvalue weighted by Crippen LogP contribution is -1.96. The molecule has 1 aromatic heterocycles. The van der Waals surface area contributed by atoms with Crippen molar-refractivity contribution in [2.45, 2.75) is 11.8 Å². The van der Waals surface area contributed by atoms with E-state index >= 15 is 0 Å². The molecule has 0 fully saturated rings. The molecule has 0 amide bonds. The third-order valence-corrected chi connectivity index (χ3v) is 5.61. The van der Waals surface area contributed by atoms with Crippen molar-refractivity contribution in [1.29, 1.82) is 0 Å². The minimum absolute atomic E-state index is 0.720. The van der Waals surface area contributed by atoms with Gasteiger partial charge < -0.3 is 9.47 Å². The van der Waals surface area contributed by atoms with Crippen LogP contribution in [0.1, 0.15) is 5.82 Å². The number of imidazole rings is 1. The summed E-state index contributed by atoms with van der Waals surface area (Å²) < 4.78 is 13.0. The molecule has 4 nitrogen and oxygen atoms in total. The Balaban J connectivity index is 1.84. The highest BCUT2D eigenvalue weighted by molar-refractivity contribution is 7.98. The molecule has 0 aliphatic rings. The molecule has 0 atom stereocenters. The van der Waals surface area contributed by atoms with Crippen molar-refractivity contribution < 1.29 is 9.47 Å². The number of nitrogens with zero attached hydrogens (tertiary/aromatic N) is 2. The third kappa shape index (κ3) is 3.22. The molecule has 0 bridgehead atoms. The predicted molar refractivity (Wildman–Crippen MR) is 116 cm³/mol. The molecule has 28 heavy (non-hydrogen) atoms.